The molecule has 3 aromatic rings. The van der Waals surface area contributed by atoms with Crippen LogP contribution in [0.4, 0.5) is 0 Å². The minimum Gasteiger partial charge on any atom is -0.456 e. The number of carbonyl (C=O) groups excluding carboxylic acids is 2. The van der Waals surface area contributed by atoms with Crippen molar-refractivity contribution in [1.82, 2.24) is 15.0 Å². The van der Waals surface area contributed by atoms with E-state index in [4.69, 9.17) is 4.74 Å². The normalized spacial score (nSPS) is 14.9. The maximum atomic E-state index is 12.3. The van der Waals surface area contributed by atoms with E-state index >= 15 is 0 Å². The molecule has 4 rings (SSSR count). The van der Waals surface area contributed by atoms with Gasteiger partial charge in [-0.2, -0.15) is 0 Å². The number of para-hydroxylation sites is 1. The third-order valence-electron chi connectivity index (χ3n) is 5.37. The van der Waals surface area contributed by atoms with E-state index in [1.54, 1.807) is 0 Å². The standard InChI is InChI=1S/C22H23N3O3/c26-21(18-12-10-17(11-13-18)16-6-2-1-3-7-16)15-28-22(27)14-25-20-9-5-4-8-19(20)23-24-25/h4-5,8-13,16H,1-3,6-7,14-15H2. The highest BCUT2D eigenvalue weighted by Crippen LogP contribution is 2.32. The molecule has 28 heavy (non-hydrogen) atoms. The Morgan fingerprint density at radius 1 is 1.00 bits per heavy atom. The first kappa shape index (κ1) is 18.3. The van der Waals surface area contributed by atoms with Crippen LogP contribution < -0.4 is 0 Å². The molecule has 0 unspecified atom stereocenters. The molecule has 6 heteroatoms. The van der Waals surface area contributed by atoms with E-state index in [9.17, 15) is 9.59 Å². The first-order valence-corrected chi connectivity index (χ1v) is 9.78. The topological polar surface area (TPSA) is 74.1 Å². The SMILES string of the molecule is O=C(Cn1nnc2ccccc21)OCC(=O)c1ccc(C2CCCCC2)cc1. The molecule has 144 valence electrons. The van der Waals surface area contributed by atoms with E-state index in [-0.39, 0.29) is 18.9 Å². The Morgan fingerprint density at radius 3 is 2.54 bits per heavy atom. The summed E-state index contributed by atoms with van der Waals surface area (Å²) in [5.41, 5.74) is 3.33. The number of Topliss-reactive ketones (excluding diaryl/α,β-unsaturated/α-hetero) is 1. The van der Waals surface area contributed by atoms with E-state index in [0.717, 1.165) is 5.52 Å². The lowest BCUT2D eigenvalue weighted by molar-refractivity contribution is -0.143. The summed E-state index contributed by atoms with van der Waals surface area (Å²) in [5.74, 6) is -0.108. The minimum atomic E-state index is -0.511. The third-order valence-corrected chi connectivity index (χ3v) is 5.37. The molecule has 0 amide bonds. The zero-order valence-electron chi connectivity index (χ0n) is 15.7. The van der Waals surface area contributed by atoms with E-state index in [0.29, 0.717) is 17.0 Å². The summed E-state index contributed by atoms with van der Waals surface area (Å²) in [6, 6.07) is 15.1. The van der Waals surface area contributed by atoms with Crippen molar-refractivity contribution in [2.45, 2.75) is 44.6 Å². The number of aromatic nitrogens is 3. The van der Waals surface area contributed by atoms with Crippen LogP contribution in [0.5, 0.6) is 0 Å². The molecule has 0 saturated heterocycles. The van der Waals surface area contributed by atoms with Gasteiger partial charge in [0.1, 0.15) is 12.1 Å². The molecule has 0 bridgehead atoms. The summed E-state index contributed by atoms with van der Waals surface area (Å²) < 4.78 is 6.62. The third kappa shape index (κ3) is 4.11. The van der Waals surface area contributed by atoms with Gasteiger partial charge in [0, 0.05) is 5.56 Å². The number of hydrogen-bond donors (Lipinski definition) is 0. The lowest BCUT2D eigenvalue weighted by Crippen LogP contribution is -2.19. The molecular formula is C22H23N3O3. The van der Waals surface area contributed by atoms with Crippen LogP contribution in [0.25, 0.3) is 11.0 Å². The van der Waals surface area contributed by atoms with E-state index in [1.807, 2.05) is 48.5 Å². The summed E-state index contributed by atoms with van der Waals surface area (Å²) in [7, 11) is 0. The van der Waals surface area contributed by atoms with Gasteiger partial charge in [-0.1, -0.05) is 60.9 Å². The average molecular weight is 377 g/mol. The second-order valence-electron chi connectivity index (χ2n) is 7.28. The van der Waals surface area contributed by atoms with Crippen LogP contribution in [0, 0.1) is 0 Å². The number of ether oxygens (including phenoxy) is 1. The van der Waals surface area contributed by atoms with Crippen LogP contribution in [0.15, 0.2) is 48.5 Å². The number of carbonyl (C=O) groups is 2. The highest BCUT2D eigenvalue weighted by Gasteiger charge is 2.17. The molecule has 0 spiro atoms. The molecule has 6 nitrogen and oxygen atoms in total. The predicted molar refractivity (Wildman–Crippen MR) is 105 cm³/mol. The highest BCUT2D eigenvalue weighted by atomic mass is 16.5. The molecule has 2 aromatic carbocycles. The number of rotatable bonds is 6. The lowest BCUT2D eigenvalue weighted by atomic mass is 9.84. The molecule has 1 aliphatic rings. The molecular weight excluding hydrogens is 354 g/mol. The quantitative estimate of drug-likeness (QED) is 0.481. The maximum absolute atomic E-state index is 12.3. The number of hydrogen-bond acceptors (Lipinski definition) is 5. The molecule has 1 aromatic heterocycles. The monoisotopic (exact) mass is 377 g/mol. The number of esters is 1. The largest absolute Gasteiger partial charge is 0.456 e. The van der Waals surface area contributed by atoms with Crippen molar-refractivity contribution in [1.29, 1.82) is 0 Å². The van der Waals surface area contributed by atoms with Gasteiger partial charge in [-0.15, -0.1) is 5.10 Å². The van der Waals surface area contributed by atoms with Gasteiger partial charge in [0.25, 0.3) is 0 Å². The summed E-state index contributed by atoms with van der Waals surface area (Å²) in [6.45, 7) is -0.345. The molecule has 0 N–H and O–H groups in total. The number of ketones is 1. The zero-order valence-corrected chi connectivity index (χ0v) is 15.7. The van der Waals surface area contributed by atoms with Crippen molar-refractivity contribution in [2.75, 3.05) is 6.61 Å². The van der Waals surface area contributed by atoms with Crippen molar-refractivity contribution in [3.05, 3.63) is 59.7 Å². The Balaban J connectivity index is 1.31. The molecule has 1 heterocycles. The van der Waals surface area contributed by atoms with Crippen molar-refractivity contribution in [2.24, 2.45) is 0 Å². The molecule has 1 saturated carbocycles. The van der Waals surface area contributed by atoms with E-state index < -0.39 is 5.97 Å². The van der Waals surface area contributed by atoms with Crippen LogP contribution in [0.3, 0.4) is 0 Å². The van der Waals surface area contributed by atoms with Gasteiger partial charge in [0.05, 0.1) is 5.52 Å². The van der Waals surface area contributed by atoms with Crippen LogP contribution in [0.2, 0.25) is 0 Å². The van der Waals surface area contributed by atoms with Crippen LogP contribution in [0.1, 0.15) is 53.9 Å². The second-order valence-corrected chi connectivity index (χ2v) is 7.28. The second kappa shape index (κ2) is 8.33. The number of nitrogens with zero attached hydrogens (tertiary/aromatic N) is 3. The Morgan fingerprint density at radius 2 is 1.75 bits per heavy atom. The number of benzene rings is 2. The lowest BCUT2D eigenvalue weighted by Gasteiger charge is -2.22. The van der Waals surface area contributed by atoms with Gasteiger partial charge in [0.15, 0.2) is 12.4 Å². The highest BCUT2D eigenvalue weighted by molar-refractivity contribution is 5.98. The smallest absolute Gasteiger partial charge is 0.328 e. The summed E-state index contributed by atoms with van der Waals surface area (Å²) >= 11 is 0. The van der Waals surface area contributed by atoms with Crippen molar-refractivity contribution in [3.8, 4) is 0 Å². The average Bonchev–Trinajstić information content (AvgIpc) is 3.15. The maximum Gasteiger partial charge on any atom is 0.328 e. The minimum absolute atomic E-state index is 0.0750. The zero-order chi connectivity index (χ0) is 19.3. The van der Waals surface area contributed by atoms with Crippen LogP contribution in [-0.2, 0) is 16.1 Å². The molecule has 1 aliphatic carbocycles. The molecule has 1 fully saturated rings. The Bertz CT molecular complexity index is 972. The summed E-state index contributed by atoms with van der Waals surface area (Å²) in [6.07, 6.45) is 6.33. The number of fused-ring (bicyclic) bond motifs is 1. The fourth-order valence-electron chi connectivity index (χ4n) is 3.81. The van der Waals surface area contributed by atoms with Crippen molar-refractivity contribution < 1.29 is 14.3 Å². The van der Waals surface area contributed by atoms with E-state index in [1.165, 1.54) is 42.3 Å². The van der Waals surface area contributed by atoms with Crippen molar-refractivity contribution >= 4 is 22.8 Å². The van der Waals surface area contributed by atoms with E-state index in [2.05, 4.69) is 10.3 Å². The Kier molecular flexibility index (Phi) is 5.46. The fraction of sp³-hybridized carbons (Fsp3) is 0.364. The summed E-state index contributed by atoms with van der Waals surface area (Å²) in [5, 5.41) is 7.95. The first-order chi connectivity index (χ1) is 13.7. The van der Waals surface area contributed by atoms with Gasteiger partial charge in [-0.05, 0) is 36.5 Å². The molecule has 0 atom stereocenters. The fourth-order valence-corrected chi connectivity index (χ4v) is 3.81. The van der Waals surface area contributed by atoms with Gasteiger partial charge < -0.3 is 4.74 Å². The molecule has 0 radical (unpaired) electrons. The Labute approximate surface area is 163 Å². The predicted octanol–water partition coefficient (Wildman–Crippen LogP) is 3.91. The van der Waals surface area contributed by atoms with Crippen LogP contribution >= 0.6 is 0 Å². The van der Waals surface area contributed by atoms with Gasteiger partial charge in [-0.3, -0.25) is 9.59 Å². The first-order valence-electron chi connectivity index (χ1n) is 9.78. The van der Waals surface area contributed by atoms with Crippen LogP contribution in [-0.4, -0.2) is 33.4 Å². The molecule has 0 aliphatic heterocycles. The van der Waals surface area contributed by atoms with Gasteiger partial charge in [0.2, 0.25) is 0 Å². The van der Waals surface area contributed by atoms with Gasteiger partial charge in [-0.25, -0.2) is 4.68 Å². The van der Waals surface area contributed by atoms with Crippen molar-refractivity contribution in [3.63, 3.8) is 0 Å². The van der Waals surface area contributed by atoms with Gasteiger partial charge >= 0.3 is 5.97 Å². The summed E-state index contributed by atoms with van der Waals surface area (Å²) in [4.78, 5) is 24.4. The Hall–Kier alpha value is -3.02.